The first-order chi connectivity index (χ1) is 14.9. The normalized spacial score (nSPS) is 15.1. The third-order valence-electron chi connectivity index (χ3n) is 5.02. The standard InChI is InChI=1S/C24H27N3O4/c1-25(2)14-9-15-26-17-20(18-10-5-3-6-11-18)23(19-12-7-4-8-13-19)27(26)21(24(30)31)16-22(28)29/h3-8,10-13,16H,9,14-15,17H2,1-2H3,(H,28,29)(H,30,31)/b21-16+. The average molecular weight is 421 g/mol. The van der Waals surface area contributed by atoms with E-state index in [0.717, 1.165) is 35.7 Å². The number of nitrogens with zero attached hydrogens (tertiary/aromatic N) is 3. The molecular formula is C24H27N3O4. The number of rotatable bonds is 9. The summed E-state index contributed by atoms with van der Waals surface area (Å²) in [4.78, 5) is 25.7. The zero-order chi connectivity index (χ0) is 22.4. The van der Waals surface area contributed by atoms with Crippen molar-refractivity contribution < 1.29 is 19.8 Å². The van der Waals surface area contributed by atoms with Crippen LogP contribution in [-0.4, -0.2) is 70.8 Å². The predicted octanol–water partition coefficient (Wildman–Crippen LogP) is 3.09. The van der Waals surface area contributed by atoms with E-state index in [1.807, 2.05) is 79.8 Å². The molecule has 3 rings (SSSR count). The van der Waals surface area contributed by atoms with Crippen molar-refractivity contribution in [1.82, 2.24) is 14.9 Å². The molecule has 2 aromatic rings. The third kappa shape index (κ3) is 5.39. The number of carboxylic acids is 2. The van der Waals surface area contributed by atoms with Gasteiger partial charge in [0.05, 0.1) is 11.8 Å². The van der Waals surface area contributed by atoms with Crippen LogP contribution >= 0.6 is 0 Å². The molecule has 7 nitrogen and oxygen atoms in total. The van der Waals surface area contributed by atoms with Crippen LogP contribution in [-0.2, 0) is 9.59 Å². The Morgan fingerprint density at radius 2 is 1.55 bits per heavy atom. The summed E-state index contributed by atoms with van der Waals surface area (Å²) in [6.45, 7) is 1.89. The highest BCUT2D eigenvalue weighted by atomic mass is 16.4. The number of hydrazine groups is 1. The van der Waals surface area contributed by atoms with Crippen molar-refractivity contribution >= 4 is 23.2 Å². The fraction of sp³-hybridized carbons (Fsp3) is 0.250. The van der Waals surface area contributed by atoms with E-state index in [1.54, 1.807) is 5.01 Å². The van der Waals surface area contributed by atoms with Crippen LogP contribution in [0, 0.1) is 0 Å². The zero-order valence-corrected chi connectivity index (χ0v) is 17.7. The van der Waals surface area contributed by atoms with Gasteiger partial charge in [-0.15, -0.1) is 0 Å². The molecule has 1 aliphatic heterocycles. The largest absolute Gasteiger partial charge is 0.478 e. The van der Waals surface area contributed by atoms with Gasteiger partial charge in [-0.05, 0) is 38.2 Å². The van der Waals surface area contributed by atoms with Crippen LogP contribution in [0.3, 0.4) is 0 Å². The molecule has 0 bridgehead atoms. The fourth-order valence-electron chi connectivity index (χ4n) is 3.71. The second-order valence-electron chi connectivity index (χ2n) is 7.59. The summed E-state index contributed by atoms with van der Waals surface area (Å²) in [6.07, 6.45) is 1.56. The SMILES string of the molecule is CN(C)CCCN1CC(c2ccccc2)=C(c2ccccc2)N1/C(=C/C(=O)O)C(=O)O. The van der Waals surface area contributed by atoms with Gasteiger partial charge in [0, 0.05) is 18.7 Å². The van der Waals surface area contributed by atoms with Crippen molar-refractivity contribution in [3.8, 4) is 0 Å². The topological polar surface area (TPSA) is 84.3 Å². The summed E-state index contributed by atoms with van der Waals surface area (Å²) in [6, 6.07) is 19.3. The van der Waals surface area contributed by atoms with Crippen LogP contribution in [0.4, 0.5) is 0 Å². The molecule has 7 heteroatoms. The van der Waals surface area contributed by atoms with E-state index >= 15 is 0 Å². The van der Waals surface area contributed by atoms with Crippen LogP contribution in [0.25, 0.3) is 11.3 Å². The maximum absolute atomic E-state index is 12.1. The van der Waals surface area contributed by atoms with E-state index in [-0.39, 0.29) is 5.70 Å². The van der Waals surface area contributed by atoms with Crippen LogP contribution in [0.2, 0.25) is 0 Å². The highest BCUT2D eigenvalue weighted by Crippen LogP contribution is 2.39. The van der Waals surface area contributed by atoms with Crippen molar-refractivity contribution in [3.05, 3.63) is 83.6 Å². The Morgan fingerprint density at radius 1 is 0.968 bits per heavy atom. The summed E-state index contributed by atoms with van der Waals surface area (Å²) < 4.78 is 0. The Kier molecular flexibility index (Phi) is 7.23. The number of benzene rings is 2. The van der Waals surface area contributed by atoms with E-state index in [2.05, 4.69) is 4.90 Å². The van der Waals surface area contributed by atoms with Crippen LogP contribution in [0.1, 0.15) is 17.5 Å². The molecule has 0 saturated carbocycles. The van der Waals surface area contributed by atoms with Gasteiger partial charge in [0.1, 0.15) is 0 Å². The Balaban J connectivity index is 2.17. The molecule has 0 amide bonds. The molecule has 2 aromatic carbocycles. The summed E-state index contributed by atoms with van der Waals surface area (Å²) in [7, 11) is 3.97. The minimum Gasteiger partial charge on any atom is -0.478 e. The summed E-state index contributed by atoms with van der Waals surface area (Å²) in [5, 5.41) is 22.7. The molecule has 0 aliphatic carbocycles. The summed E-state index contributed by atoms with van der Waals surface area (Å²) in [5.74, 6) is -2.59. The first-order valence-electron chi connectivity index (χ1n) is 10.1. The van der Waals surface area contributed by atoms with E-state index in [4.69, 9.17) is 0 Å². The van der Waals surface area contributed by atoms with Gasteiger partial charge in [-0.3, -0.25) is 5.01 Å². The molecular weight excluding hydrogens is 394 g/mol. The molecule has 0 saturated heterocycles. The molecule has 2 N–H and O–H groups in total. The minimum absolute atomic E-state index is 0.290. The number of aliphatic carboxylic acids is 2. The molecule has 162 valence electrons. The molecule has 1 heterocycles. The molecule has 0 atom stereocenters. The summed E-state index contributed by atoms with van der Waals surface area (Å²) >= 11 is 0. The maximum atomic E-state index is 12.1. The average Bonchev–Trinajstić information content (AvgIpc) is 3.11. The Bertz CT molecular complexity index is 984. The highest BCUT2D eigenvalue weighted by Gasteiger charge is 2.36. The Labute approximate surface area is 182 Å². The highest BCUT2D eigenvalue weighted by molar-refractivity contribution is 6.00. The molecule has 1 aliphatic rings. The minimum atomic E-state index is -1.30. The first kappa shape index (κ1) is 22.3. The van der Waals surface area contributed by atoms with Crippen molar-refractivity contribution in [2.75, 3.05) is 33.7 Å². The van der Waals surface area contributed by atoms with E-state index in [1.165, 1.54) is 0 Å². The lowest BCUT2D eigenvalue weighted by atomic mass is 10.00. The zero-order valence-electron chi connectivity index (χ0n) is 17.7. The van der Waals surface area contributed by atoms with Gasteiger partial charge in [0.2, 0.25) is 0 Å². The molecule has 0 aromatic heterocycles. The van der Waals surface area contributed by atoms with Gasteiger partial charge in [-0.1, -0.05) is 60.7 Å². The molecule has 0 spiro atoms. The lowest BCUT2D eigenvalue weighted by Gasteiger charge is -2.32. The van der Waals surface area contributed by atoms with Gasteiger partial charge in [0.25, 0.3) is 0 Å². The van der Waals surface area contributed by atoms with Crippen LogP contribution < -0.4 is 0 Å². The molecule has 0 unspecified atom stereocenters. The number of carboxylic acid groups (broad SMARTS) is 2. The monoisotopic (exact) mass is 421 g/mol. The van der Waals surface area contributed by atoms with Gasteiger partial charge < -0.3 is 15.1 Å². The van der Waals surface area contributed by atoms with Gasteiger partial charge in [-0.25, -0.2) is 14.6 Å². The maximum Gasteiger partial charge on any atom is 0.354 e. The van der Waals surface area contributed by atoms with Crippen molar-refractivity contribution in [2.45, 2.75) is 6.42 Å². The number of hydrogen-bond acceptors (Lipinski definition) is 5. The lowest BCUT2D eigenvalue weighted by molar-refractivity contribution is -0.137. The molecule has 0 fully saturated rings. The van der Waals surface area contributed by atoms with Crippen molar-refractivity contribution in [2.24, 2.45) is 0 Å². The van der Waals surface area contributed by atoms with Gasteiger partial charge in [0.15, 0.2) is 5.70 Å². The second-order valence-corrected chi connectivity index (χ2v) is 7.59. The summed E-state index contributed by atoms with van der Waals surface area (Å²) in [5.41, 5.74) is 3.15. The number of hydrogen-bond donors (Lipinski definition) is 2. The van der Waals surface area contributed by atoms with E-state index in [9.17, 15) is 19.8 Å². The van der Waals surface area contributed by atoms with Gasteiger partial charge >= 0.3 is 11.9 Å². The van der Waals surface area contributed by atoms with Crippen molar-refractivity contribution in [1.29, 1.82) is 0 Å². The number of carbonyl (C=O) groups is 2. The predicted molar refractivity (Wildman–Crippen MR) is 120 cm³/mol. The van der Waals surface area contributed by atoms with Gasteiger partial charge in [-0.2, -0.15) is 0 Å². The van der Waals surface area contributed by atoms with E-state index < -0.39 is 11.9 Å². The third-order valence-corrected chi connectivity index (χ3v) is 5.02. The fourth-order valence-corrected chi connectivity index (χ4v) is 3.71. The first-order valence-corrected chi connectivity index (χ1v) is 10.1. The smallest absolute Gasteiger partial charge is 0.354 e. The van der Waals surface area contributed by atoms with Crippen LogP contribution in [0.5, 0.6) is 0 Å². The van der Waals surface area contributed by atoms with Crippen molar-refractivity contribution in [3.63, 3.8) is 0 Å². The quantitative estimate of drug-likeness (QED) is 0.602. The van der Waals surface area contributed by atoms with Crippen LogP contribution in [0.15, 0.2) is 72.4 Å². The molecule has 0 radical (unpaired) electrons. The van der Waals surface area contributed by atoms with E-state index in [0.29, 0.717) is 18.8 Å². The Hall–Kier alpha value is -3.42. The molecule has 31 heavy (non-hydrogen) atoms. The lowest BCUT2D eigenvalue weighted by Crippen LogP contribution is -2.40. The second kappa shape index (κ2) is 10.1. The Morgan fingerprint density at radius 3 is 2.06 bits per heavy atom.